The van der Waals surface area contributed by atoms with E-state index in [1.807, 2.05) is 38.1 Å². The average molecular weight is 326 g/mol. The van der Waals surface area contributed by atoms with Crippen LogP contribution in [0.25, 0.3) is 0 Å². The molecule has 0 unspecified atom stereocenters. The summed E-state index contributed by atoms with van der Waals surface area (Å²) in [6.07, 6.45) is 0. The smallest absolute Gasteiger partial charge is 0.319 e. The summed E-state index contributed by atoms with van der Waals surface area (Å²) < 4.78 is 5.15. The highest BCUT2D eigenvalue weighted by Gasteiger charge is 2.23. The zero-order valence-corrected chi connectivity index (χ0v) is 14.3. The Hall–Kier alpha value is -2.82. The van der Waals surface area contributed by atoms with Crippen LogP contribution >= 0.6 is 0 Å². The number of hydrogen-bond donors (Lipinski definition) is 2. The summed E-state index contributed by atoms with van der Waals surface area (Å²) in [5, 5.41) is 5.69. The van der Waals surface area contributed by atoms with Gasteiger partial charge in [-0.25, -0.2) is 4.79 Å². The molecule has 0 bridgehead atoms. The molecule has 2 amide bonds. The van der Waals surface area contributed by atoms with Crippen molar-refractivity contribution in [1.82, 2.24) is 5.32 Å². The zero-order chi connectivity index (χ0) is 17.7. The van der Waals surface area contributed by atoms with Crippen molar-refractivity contribution in [1.29, 1.82) is 0 Å². The maximum Gasteiger partial charge on any atom is 0.319 e. The molecule has 2 aromatic rings. The second-order valence-corrected chi connectivity index (χ2v) is 6.07. The second-order valence-electron chi connectivity index (χ2n) is 6.07. The van der Waals surface area contributed by atoms with E-state index in [0.29, 0.717) is 11.3 Å². The van der Waals surface area contributed by atoms with Gasteiger partial charge in [-0.3, -0.25) is 4.79 Å². The fourth-order valence-corrected chi connectivity index (χ4v) is 2.34. The fraction of sp³-hybridized carbons (Fsp3) is 0.263. The lowest BCUT2D eigenvalue weighted by Gasteiger charge is -2.27. The van der Waals surface area contributed by atoms with Gasteiger partial charge < -0.3 is 15.4 Å². The van der Waals surface area contributed by atoms with Crippen molar-refractivity contribution in [3.05, 3.63) is 59.7 Å². The molecule has 0 aromatic heterocycles. The second kappa shape index (κ2) is 7.17. The van der Waals surface area contributed by atoms with Crippen LogP contribution in [0, 0.1) is 0 Å². The number of amides is 2. The van der Waals surface area contributed by atoms with Crippen molar-refractivity contribution in [3.63, 3.8) is 0 Å². The summed E-state index contributed by atoms with van der Waals surface area (Å²) in [5.74, 6) is 0.720. The average Bonchev–Trinajstić information content (AvgIpc) is 2.54. The Kier molecular flexibility index (Phi) is 5.24. The van der Waals surface area contributed by atoms with Crippen LogP contribution in [0.15, 0.2) is 48.5 Å². The van der Waals surface area contributed by atoms with Gasteiger partial charge in [0.15, 0.2) is 5.78 Å². The standard InChI is InChI=1S/C19H22N2O3/c1-13(22)14-6-5-7-16(12-14)20-18(23)21-19(2,3)15-8-10-17(24-4)11-9-15/h5-12H,1-4H3,(H2,20,21,23). The molecule has 24 heavy (non-hydrogen) atoms. The molecule has 0 heterocycles. The van der Waals surface area contributed by atoms with Gasteiger partial charge in [0, 0.05) is 11.3 Å². The molecule has 0 saturated carbocycles. The van der Waals surface area contributed by atoms with Gasteiger partial charge in [-0.05, 0) is 50.6 Å². The molecular weight excluding hydrogens is 304 g/mol. The first-order chi connectivity index (χ1) is 11.3. The number of nitrogens with one attached hydrogen (secondary N) is 2. The van der Waals surface area contributed by atoms with Gasteiger partial charge >= 0.3 is 6.03 Å². The summed E-state index contributed by atoms with van der Waals surface area (Å²) in [5.41, 5.74) is 1.53. The van der Waals surface area contributed by atoms with Crippen LogP contribution in [0.3, 0.4) is 0 Å². The van der Waals surface area contributed by atoms with E-state index in [0.717, 1.165) is 11.3 Å². The molecule has 0 atom stereocenters. The minimum absolute atomic E-state index is 0.0439. The van der Waals surface area contributed by atoms with Crippen molar-refractivity contribution < 1.29 is 14.3 Å². The lowest BCUT2D eigenvalue weighted by Crippen LogP contribution is -2.43. The lowest BCUT2D eigenvalue weighted by molar-refractivity contribution is 0.101. The number of carbonyl (C=O) groups is 2. The first kappa shape index (κ1) is 17.5. The number of Topliss-reactive ketones (excluding diaryl/α,β-unsaturated/α-hetero) is 1. The van der Waals surface area contributed by atoms with Crippen LogP contribution in [0.4, 0.5) is 10.5 Å². The molecule has 5 nitrogen and oxygen atoms in total. The molecule has 126 valence electrons. The lowest BCUT2D eigenvalue weighted by atomic mass is 9.94. The predicted molar refractivity (Wildman–Crippen MR) is 94.6 cm³/mol. The number of methoxy groups -OCH3 is 1. The number of rotatable bonds is 5. The SMILES string of the molecule is COc1ccc(C(C)(C)NC(=O)Nc2cccc(C(C)=O)c2)cc1. The number of carbonyl (C=O) groups excluding carboxylic acids is 2. The summed E-state index contributed by atoms with van der Waals surface area (Å²) in [4.78, 5) is 23.7. The largest absolute Gasteiger partial charge is 0.497 e. The summed E-state index contributed by atoms with van der Waals surface area (Å²) >= 11 is 0. The molecule has 2 aromatic carbocycles. The Morgan fingerprint density at radius 2 is 1.71 bits per heavy atom. The minimum atomic E-state index is -0.561. The van der Waals surface area contributed by atoms with E-state index in [1.54, 1.807) is 31.4 Å². The number of urea groups is 1. The van der Waals surface area contributed by atoms with Crippen LogP contribution in [0.2, 0.25) is 0 Å². The topological polar surface area (TPSA) is 67.4 Å². The maximum atomic E-state index is 12.3. The molecule has 0 spiro atoms. The summed E-state index contributed by atoms with van der Waals surface area (Å²) in [7, 11) is 1.61. The van der Waals surface area contributed by atoms with Crippen LogP contribution < -0.4 is 15.4 Å². The van der Waals surface area contributed by atoms with Gasteiger partial charge in [-0.2, -0.15) is 0 Å². The van der Waals surface area contributed by atoms with E-state index in [4.69, 9.17) is 4.74 Å². The summed E-state index contributed by atoms with van der Waals surface area (Å²) in [6.45, 7) is 5.33. The van der Waals surface area contributed by atoms with Gasteiger partial charge in [0.05, 0.1) is 12.6 Å². The summed E-state index contributed by atoms with van der Waals surface area (Å²) in [6, 6.07) is 14.0. The molecule has 0 radical (unpaired) electrons. The molecule has 0 aliphatic rings. The highest BCUT2D eigenvalue weighted by molar-refractivity contribution is 5.96. The Labute approximate surface area is 142 Å². The van der Waals surface area contributed by atoms with E-state index >= 15 is 0 Å². The third-order valence-corrected chi connectivity index (χ3v) is 3.76. The molecule has 2 N–H and O–H groups in total. The van der Waals surface area contributed by atoms with E-state index in [2.05, 4.69) is 10.6 Å². The van der Waals surface area contributed by atoms with E-state index < -0.39 is 5.54 Å². The molecular formula is C19H22N2O3. The maximum absolute atomic E-state index is 12.3. The van der Waals surface area contributed by atoms with Crippen molar-refractivity contribution in [3.8, 4) is 5.75 Å². The van der Waals surface area contributed by atoms with Crippen LogP contribution in [-0.4, -0.2) is 18.9 Å². The van der Waals surface area contributed by atoms with Crippen molar-refractivity contribution in [2.45, 2.75) is 26.3 Å². The quantitative estimate of drug-likeness (QED) is 0.817. The number of ether oxygens (including phenoxy) is 1. The van der Waals surface area contributed by atoms with Gasteiger partial charge in [-0.1, -0.05) is 24.3 Å². The molecule has 0 aliphatic carbocycles. The molecule has 0 fully saturated rings. The van der Waals surface area contributed by atoms with Crippen LogP contribution in [-0.2, 0) is 5.54 Å². The third kappa shape index (κ3) is 4.35. The van der Waals surface area contributed by atoms with Crippen LogP contribution in [0.5, 0.6) is 5.75 Å². The first-order valence-corrected chi connectivity index (χ1v) is 7.66. The number of hydrogen-bond acceptors (Lipinski definition) is 3. The Bertz CT molecular complexity index is 737. The molecule has 2 rings (SSSR count). The van der Waals surface area contributed by atoms with Gasteiger partial charge in [-0.15, -0.1) is 0 Å². The van der Waals surface area contributed by atoms with E-state index in [-0.39, 0.29) is 11.8 Å². The predicted octanol–water partition coefficient (Wildman–Crippen LogP) is 3.95. The number of anilines is 1. The highest BCUT2D eigenvalue weighted by Crippen LogP contribution is 2.23. The molecule has 0 saturated heterocycles. The Morgan fingerprint density at radius 1 is 1.04 bits per heavy atom. The minimum Gasteiger partial charge on any atom is -0.497 e. The zero-order valence-electron chi connectivity index (χ0n) is 14.3. The van der Waals surface area contributed by atoms with Crippen molar-refractivity contribution in [2.75, 3.05) is 12.4 Å². The van der Waals surface area contributed by atoms with Crippen LogP contribution in [0.1, 0.15) is 36.7 Å². The fourth-order valence-electron chi connectivity index (χ4n) is 2.34. The third-order valence-electron chi connectivity index (χ3n) is 3.76. The van der Waals surface area contributed by atoms with Crippen molar-refractivity contribution >= 4 is 17.5 Å². The Morgan fingerprint density at radius 3 is 2.29 bits per heavy atom. The first-order valence-electron chi connectivity index (χ1n) is 7.66. The highest BCUT2D eigenvalue weighted by atomic mass is 16.5. The normalized spacial score (nSPS) is 10.8. The van der Waals surface area contributed by atoms with Gasteiger partial charge in [0.25, 0.3) is 0 Å². The van der Waals surface area contributed by atoms with Crippen molar-refractivity contribution in [2.24, 2.45) is 0 Å². The number of ketones is 1. The van der Waals surface area contributed by atoms with Gasteiger partial charge in [0.1, 0.15) is 5.75 Å². The number of benzene rings is 2. The monoisotopic (exact) mass is 326 g/mol. The van der Waals surface area contributed by atoms with E-state index in [9.17, 15) is 9.59 Å². The molecule has 0 aliphatic heterocycles. The van der Waals surface area contributed by atoms with Gasteiger partial charge in [0.2, 0.25) is 0 Å². The molecule has 5 heteroatoms. The Balaban J connectivity index is 2.07. The van der Waals surface area contributed by atoms with E-state index in [1.165, 1.54) is 6.92 Å².